The summed E-state index contributed by atoms with van der Waals surface area (Å²) >= 11 is 0. The van der Waals surface area contributed by atoms with E-state index in [9.17, 15) is 14.4 Å². The average Bonchev–Trinajstić information content (AvgIpc) is 2.27. The maximum Gasteiger partial charge on any atom is 0.323 e. The van der Waals surface area contributed by atoms with Crippen LogP contribution >= 0.6 is 0 Å². The summed E-state index contributed by atoms with van der Waals surface area (Å²) in [5, 5.41) is 8.70. The predicted molar refractivity (Wildman–Crippen MR) is 60.0 cm³/mol. The monoisotopic (exact) mass is 242 g/mol. The average molecular weight is 242 g/mol. The largest absolute Gasteiger partial charge is 0.480 e. The summed E-state index contributed by atoms with van der Waals surface area (Å²) in [6, 6.07) is 0. The fraction of sp³-hybridized carbons (Fsp3) is 0.727. The first-order valence-electron chi connectivity index (χ1n) is 5.79. The highest BCUT2D eigenvalue weighted by molar-refractivity contribution is 5.87. The Hall–Kier alpha value is -1.59. The minimum absolute atomic E-state index is 0.151. The van der Waals surface area contributed by atoms with E-state index in [1.807, 2.05) is 0 Å². The van der Waals surface area contributed by atoms with E-state index in [1.54, 1.807) is 0 Å². The highest BCUT2D eigenvalue weighted by Gasteiger charge is 2.27. The first-order valence-corrected chi connectivity index (χ1v) is 5.79. The number of rotatable bonds is 5. The Bertz CT molecular complexity index is 295. The molecular weight excluding hydrogens is 224 g/mol. The molecule has 6 heteroatoms. The number of carboxylic acid groups (broad SMARTS) is 1. The second-order valence-corrected chi connectivity index (χ2v) is 4.39. The molecule has 1 fully saturated rings. The molecule has 0 aliphatic heterocycles. The van der Waals surface area contributed by atoms with Gasteiger partial charge in [-0.1, -0.05) is 19.3 Å². The van der Waals surface area contributed by atoms with Crippen molar-refractivity contribution in [2.75, 3.05) is 13.1 Å². The fourth-order valence-electron chi connectivity index (χ4n) is 2.17. The second kappa shape index (κ2) is 6.22. The van der Waals surface area contributed by atoms with Gasteiger partial charge in [0.15, 0.2) is 0 Å². The van der Waals surface area contributed by atoms with Crippen LogP contribution in [0.5, 0.6) is 0 Å². The molecule has 0 unspecified atom stereocenters. The molecule has 1 aliphatic carbocycles. The number of carbonyl (C=O) groups excluding carboxylic acids is 2. The van der Waals surface area contributed by atoms with Crippen molar-refractivity contribution in [2.24, 2.45) is 11.7 Å². The molecule has 1 aliphatic rings. The number of hydrogen-bond donors (Lipinski definition) is 2. The Morgan fingerprint density at radius 1 is 1.12 bits per heavy atom. The summed E-state index contributed by atoms with van der Waals surface area (Å²) in [6.07, 6.45) is 4.61. The highest BCUT2D eigenvalue weighted by Crippen LogP contribution is 2.25. The van der Waals surface area contributed by atoms with Crippen molar-refractivity contribution in [3.63, 3.8) is 0 Å². The molecule has 0 spiro atoms. The molecule has 17 heavy (non-hydrogen) atoms. The van der Waals surface area contributed by atoms with Gasteiger partial charge in [-0.2, -0.15) is 0 Å². The van der Waals surface area contributed by atoms with Gasteiger partial charge in [0.2, 0.25) is 11.8 Å². The van der Waals surface area contributed by atoms with E-state index in [4.69, 9.17) is 10.8 Å². The van der Waals surface area contributed by atoms with Gasteiger partial charge >= 0.3 is 5.97 Å². The van der Waals surface area contributed by atoms with E-state index in [1.165, 1.54) is 0 Å². The van der Waals surface area contributed by atoms with Gasteiger partial charge in [-0.3, -0.25) is 14.4 Å². The molecule has 0 aromatic rings. The van der Waals surface area contributed by atoms with Gasteiger partial charge in [0.25, 0.3) is 0 Å². The third kappa shape index (κ3) is 4.42. The summed E-state index contributed by atoms with van der Waals surface area (Å²) in [4.78, 5) is 34.5. The summed E-state index contributed by atoms with van der Waals surface area (Å²) in [5.74, 6) is -2.22. The molecule has 2 amide bonds. The first-order chi connectivity index (χ1) is 8.00. The normalized spacial score (nSPS) is 16.5. The molecule has 96 valence electrons. The van der Waals surface area contributed by atoms with Gasteiger partial charge in [0, 0.05) is 5.92 Å². The fourth-order valence-corrected chi connectivity index (χ4v) is 2.17. The van der Waals surface area contributed by atoms with Crippen molar-refractivity contribution in [3.05, 3.63) is 0 Å². The van der Waals surface area contributed by atoms with Crippen molar-refractivity contribution < 1.29 is 19.5 Å². The molecule has 0 radical (unpaired) electrons. The summed E-state index contributed by atoms with van der Waals surface area (Å²) in [6.45, 7) is -0.778. The quantitative estimate of drug-likeness (QED) is 0.706. The summed E-state index contributed by atoms with van der Waals surface area (Å²) in [7, 11) is 0. The highest BCUT2D eigenvalue weighted by atomic mass is 16.4. The van der Waals surface area contributed by atoms with Crippen molar-refractivity contribution in [3.8, 4) is 0 Å². The number of carboxylic acids is 1. The molecule has 3 N–H and O–H groups in total. The maximum absolute atomic E-state index is 12.0. The van der Waals surface area contributed by atoms with E-state index in [-0.39, 0.29) is 18.4 Å². The maximum atomic E-state index is 12.0. The summed E-state index contributed by atoms with van der Waals surface area (Å²) in [5.41, 5.74) is 5.01. The molecule has 0 aromatic carbocycles. The number of aliphatic carboxylic acids is 1. The van der Waals surface area contributed by atoms with Crippen molar-refractivity contribution >= 4 is 17.8 Å². The van der Waals surface area contributed by atoms with E-state index >= 15 is 0 Å². The van der Waals surface area contributed by atoms with Gasteiger partial charge in [-0.15, -0.1) is 0 Å². The smallest absolute Gasteiger partial charge is 0.323 e. The van der Waals surface area contributed by atoms with E-state index in [0.717, 1.165) is 37.0 Å². The first kappa shape index (κ1) is 13.5. The number of amides is 2. The van der Waals surface area contributed by atoms with Crippen LogP contribution in [0.4, 0.5) is 0 Å². The van der Waals surface area contributed by atoms with Gasteiger partial charge in [-0.05, 0) is 12.8 Å². The van der Waals surface area contributed by atoms with Crippen LogP contribution in [-0.2, 0) is 14.4 Å². The molecule has 0 heterocycles. The molecule has 6 nitrogen and oxygen atoms in total. The van der Waals surface area contributed by atoms with Gasteiger partial charge < -0.3 is 15.7 Å². The minimum atomic E-state index is -1.13. The lowest BCUT2D eigenvalue weighted by molar-refractivity contribution is -0.148. The lowest BCUT2D eigenvalue weighted by Gasteiger charge is -2.27. The molecule has 1 rings (SSSR count). The number of carbonyl (C=O) groups is 3. The van der Waals surface area contributed by atoms with Crippen LogP contribution in [-0.4, -0.2) is 40.9 Å². The van der Waals surface area contributed by atoms with Crippen LogP contribution in [0.1, 0.15) is 32.1 Å². The van der Waals surface area contributed by atoms with Crippen LogP contribution in [0.3, 0.4) is 0 Å². The zero-order valence-electron chi connectivity index (χ0n) is 9.72. The summed E-state index contributed by atoms with van der Waals surface area (Å²) < 4.78 is 0. The van der Waals surface area contributed by atoms with Crippen LogP contribution in [0.15, 0.2) is 0 Å². The molecule has 1 saturated carbocycles. The lowest BCUT2D eigenvalue weighted by Crippen LogP contribution is -2.44. The van der Waals surface area contributed by atoms with Crippen molar-refractivity contribution in [1.82, 2.24) is 4.90 Å². The van der Waals surface area contributed by atoms with Crippen molar-refractivity contribution in [1.29, 1.82) is 0 Å². The number of nitrogens with two attached hydrogens (primary N) is 1. The minimum Gasteiger partial charge on any atom is -0.480 e. The predicted octanol–water partition coefficient (Wildman–Crippen LogP) is -0.0348. The standard InChI is InChI=1S/C11H18N2O4/c12-9(14)6-13(7-10(15)16)11(17)8-4-2-1-3-5-8/h8H,1-7H2,(H2,12,14)(H,15,16). The van der Waals surface area contributed by atoms with Gasteiger partial charge in [0.1, 0.15) is 6.54 Å². The Morgan fingerprint density at radius 3 is 2.18 bits per heavy atom. The molecule has 0 bridgehead atoms. The van der Waals surface area contributed by atoms with Gasteiger partial charge in [-0.25, -0.2) is 0 Å². The second-order valence-electron chi connectivity index (χ2n) is 4.39. The Kier molecular flexibility index (Phi) is 4.93. The van der Waals surface area contributed by atoms with Crippen LogP contribution in [0, 0.1) is 5.92 Å². The number of primary amides is 1. The molecule has 0 saturated heterocycles. The Labute approximate surface area is 99.8 Å². The lowest BCUT2D eigenvalue weighted by atomic mass is 9.88. The zero-order chi connectivity index (χ0) is 12.8. The van der Waals surface area contributed by atoms with E-state index in [0.29, 0.717) is 0 Å². The molecular formula is C11H18N2O4. The molecule has 0 atom stereocenters. The zero-order valence-corrected chi connectivity index (χ0v) is 9.72. The third-order valence-corrected chi connectivity index (χ3v) is 2.94. The number of nitrogens with zero attached hydrogens (tertiary/aromatic N) is 1. The molecule has 0 aromatic heterocycles. The van der Waals surface area contributed by atoms with Crippen LogP contribution in [0.2, 0.25) is 0 Å². The number of hydrogen-bond acceptors (Lipinski definition) is 3. The van der Waals surface area contributed by atoms with Crippen LogP contribution < -0.4 is 5.73 Å². The Morgan fingerprint density at radius 2 is 1.71 bits per heavy atom. The Balaban J connectivity index is 2.63. The SMILES string of the molecule is NC(=O)CN(CC(=O)O)C(=O)C1CCCCC1. The van der Waals surface area contributed by atoms with E-state index < -0.39 is 18.4 Å². The van der Waals surface area contributed by atoms with Crippen LogP contribution in [0.25, 0.3) is 0 Å². The van der Waals surface area contributed by atoms with E-state index in [2.05, 4.69) is 0 Å². The third-order valence-electron chi connectivity index (χ3n) is 2.94. The van der Waals surface area contributed by atoms with Crippen molar-refractivity contribution in [2.45, 2.75) is 32.1 Å². The topological polar surface area (TPSA) is 101 Å². The van der Waals surface area contributed by atoms with Gasteiger partial charge in [0.05, 0.1) is 6.54 Å².